The summed E-state index contributed by atoms with van der Waals surface area (Å²) in [5, 5.41) is 2.81. The van der Waals surface area contributed by atoms with Gasteiger partial charge in [0, 0.05) is 17.3 Å². The molecule has 2 unspecified atom stereocenters. The summed E-state index contributed by atoms with van der Waals surface area (Å²) in [6.45, 7) is 4.16. The van der Waals surface area contributed by atoms with E-state index in [0.29, 0.717) is 23.4 Å². The maximum absolute atomic E-state index is 12.4. The Balaban J connectivity index is 2.25. The Bertz CT molecular complexity index is 559. The molecule has 5 N–H and O–H groups in total. The van der Waals surface area contributed by atoms with E-state index in [0.717, 1.165) is 0 Å². The summed E-state index contributed by atoms with van der Waals surface area (Å²) in [7, 11) is 0. The normalized spacial score (nSPS) is 25.4. The summed E-state index contributed by atoms with van der Waals surface area (Å²) in [5.41, 5.74) is 12.0. The minimum Gasteiger partial charge on any atom is -0.379 e. The number of nitrogens with two attached hydrogens (primary N) is 2. The topological polar surface area (TPSA) is 107 Å². The number of primary amides is 1. The molecule has 2 atom stereocenters. The van der Waals surface area contributed by atoms with Crippen LogP contribution in [0.1, 0.15) is 22.8 Å². The third-order valence-electron chi connectivity index (χ3n) is 3.88. The van der Waals surface area contributed by atoms with Crippen LogP contribution in [0.5, 0.6) is 0 Å². The van der Waals surface area contributed by atoms with E-state index in [-0.39, 0.29) is 18.6 Å². The third-order valence-corrected chi connectivity index (χ3v) is 3.88. The van der Waals surface area contributed by atoms with E-state index in [2.05, 4.69) is 5.32 Å². The molecule has 0 saturated carbocycles. The van der Waals surface area contributed by atoms with Crippen LogP contribution in [0, 0.1) is 12.3 Å². The molecule has 1 saturated heterocycles. The second-order valence-corrected chi connectivity index (χ2v) is 5.34. The monoisotopic (exact) mass is 277 g/mol. The Kier molecular flexibility index (Phi) is 3.78. The number of hydrogen-bond acceptors (Lipinski definition) is 4. The van der Waals surface area contributed by atoms with Gasteiger partial charge in [-0.1, -0.05) is 6.07 Å². The fourth-order valence-corrected chi connectivity index (χ4v) is 2.23. The van der Waals surface area contributed by atoms with E-state index in [9.17, 15) is 9.59 Å². The molecule has 0 radical (unpaired) electrons. The summed E-state index contributed by atoms with van der Waals surface area (Å²) in [6.07, 6.45) is 0. The molecule has 20 heavy (non-hydrogen) atoms. The van der Waals surface area contributed by atoms with Gasteiger partial charge in [0.2, 0.25) is 11.8 Å². The van der Waals surface area contributed by atoms with Crippen molar-refractivity contribution in [2.75, 3.05) is 18.5 Å². The molecule has 1 heterocycles. The predicted octanol–water partition coefficient (Wildman–Crippen LogP) is 0.396. The van der Waals surface area contributed by atoms with Crippen LogP contribution in [0.25, 0.3) is 0 Å². The first-order valence-electron chi connectivity index (χ1n) is 6.40. The first-order valence-corrected chi connectivity index (χ1v) is 6.40. The lowest BCUT2D eigenvalue weighted by molar-refractivity contribution is -0.125. The fraction of sp³-hybridized carbons (Fsp3) is 0.429. The lowest BCUT2D eigenvalue weighted by Crippen LogP contribution is -2.47. The lowest BCUT2D eigenvalue weighted by atomic mass is 9.84. The molecule has 0 aliphatic carbocycles. The minimum atomic E-state index is -0.769. The summed E-state index contributed by atoms with van der Waals surface area (Å²) >= 11 is 0. The third kappa shape index (κ3) is 2.39. The number of carbonyl (C=O) groups is 2. The van der Waals surface area contributed by atoms with Crippen molar-refractivity contribution in [2.24, 2.45) is 16.9 Å². The van der Waals surface area contributed by atoms with Gasteiger partial charge in [0.15, 0.2) is 0 Å². The van der Waals surface area contributed by atoms with Gasteiger partial charge in [-0.2, -0.15) is 0 Å². The van der Waals surface area contributed by atoms with Crippen molar-refractivity contribution >= 4 is 17.5 Å². The van der Waals surface area contributed by atoms with Gasteiger partial charge in [-0.3, -0.25) is 9.59 Å². The van der Waals surface area contributed by atoms with Gasteiger partial charge in [0.25, 0.3) is 0 Å². The molecule has 1 fully saturated rings. The van der Waals surface area contributed by atoms with E-state index in [4.69, 9.17) is 16.2 Å². The highest BCUT2D eigenvalue weighted by Crippen LogP contribution is 2.29. The van der Waals surface area contributed by atoms with Crippen molar-refractivity contribution < 1.29 is 14.3 Å². The Hall–Kier alpha value is -1.92. The Labute approximate surface area is 117 Å². The molecule has 1 aliphatic rings. The van der Waals surface area contributed by atoms with Crippen LogP contribution >= 0.6 is 0 Å². The van der Waals surface area contributed by atoms with Crippen molar-refractivity contribution in [2.45, 2.75) is 19.9 Å². The highest BCUT2D eigenvalue weighted by atomic mass is 16.5. The smallest absolute Gasteiger partial charge is 0.249 e. The fourth-order valence-electron chi connectivity index (χ4n) is 2.23. The average Bonchev–Trinajstić information content (AvgIpc) is 2.73. The van der Waals surface area contributed by atoms with Gasteiger partial charge in [-0.15, -0.1) is 0 Å². The quantitative estimate of drug-likeness (QED) is 0.743. The van der Waals surface area contributed by atoms with E-state index < -0.39 is 11.3 Å². The molecular formula is C14H19N3O3. The number of benzene rings is 1. The molecule has 2 amide bonds. The van der Waals surface area contributed by atoms with E-state index >= 15 is 0 Å². The van der Waals surface area contributed by atoms with E-state index in [1.165, 1.54) is 0 Å². The summed E-state index contributed by atoms with van der Waals surface area (Å²) < 4.78 is 5.26. The zero-order chi connectivity index (χ0) is 14.9. The van der Waals surface area contributed by atoms with Crippen LogP contribution in [0.4, 0.5) is 5.69 Å². The number of carbonyl (C=O) groups excluding carboxylic acids is 2. The molecule has 1 aromatic carbocycles. The van der Waals surface area contributed by atoms with Gasteiger partial charge in [0.1, 0.15) is 0 Å². The number of nitrogens with one attached hydrogen (secondary N) is 1. The van der Waals surface area contributed by atoms with Crippen LogP contribution in [-0.2, 0) is 9.53 Å². The van der Waals surface area contributed by atoms with E-state index in [1.807, 2.05) is 0 Å². The maximum atomic E-state index is 12.4. The number of amides is 2. The molecule has 6 heteroatoms. The number of anilines is 1. The lowest BCUT2D eigenvalue weighted by Gasteiger charge is -2.26. The molecule has 108 valence electrons. The molecular weight excluding hydrogens is 258 g/mol. The van der Waals surface area contributed by atoms with Crippen molar-refractivity contribution in [1.29, 1.82) is 0 Å². The Morgan fingerprint density at radius 2 is 2.15 bits per heavy atom. The predicted molar refractivity (Wildman–Crippen MR) is 75.2 cm³/mol. The first-order chi connectivity index (χ1) is 9.36. The van der Waals surface area contributed by atoms with Crippen LogP contribution < -0.4 is 16.8 Å². The highest BCUT2D eigenvalue weighted by molar-refractivity contribution is 6.00. The number of hydrogen-bond donors (Lipinski definition) is 3. The SMILES string of the molecule is Cc1c(NC(=O)C2(C)COCC2N)cccc1C(N)=O. The molecule has 1 aromatic rings. The maximum Gasteiger partial charge on any atom is 0.249 e. The molecule has 1 aliphatic heterocycles. The van der Waals surface area contributed by atoms with Crippen LogP contribution in [0.2, 0.25) is 0 Å². The Morgan fingerprint density at radius 1 is 1.45 bits per heavy atom. The molecule has 0 aromatic heterocycles. The van der Waals surface area contributed by atoms with Crippen molar-refractivity contribution in [3.8, 4) is 0 Å². The van der Waals surface area contributed by atoms with Gasteiger partial charge in [0.05, 0.1) is 18.6 Å². The summed E-state index contributed by atoms with van der Waals surface area (Å²) in [6, 6.07) is 4.68. The van der Waals surface area contributed by atoms with Crippen molar-refractivity contribution in [3.05, 3.63) is 29.3 Å². The van der Waals surface area contributed by atoms with Crippen LogP contribution in [-0.4, -0.2) is 31.1 Å². The second kappa shape index (κ2) is 5.22. The van der Waals surface area contributed by atoms with Crippen LogP contribution in [0.15, 0.2) is 18.2 Å². The van der Waals surface area contributed by atoms with Crippen molar-refractivity contribution in [3.63, 3.8) is 0 Å². The molecule has 6 nitrogen and oxygen atoms in total. The van der Waals surface area contributed by atoms with Gasteiger partial charge >= 0.3 is 0 Å². The molecule has 0 bridgehead atoms. The number of ether oxygens (including phenoxy) is 1. The molecule has 2 rings (SSSR count). The molecule has 0 spiro atoms. The second-order valence-electron chi connectivity index (χ2n) is 5.34. The van der Waals surface area contributed by atoms with E-state index in [1.54, 1.807) is 32.0 Å². The zero-order valence-corrected chi connectivity index (χ0v) is 11.6. The standard InChI is InChI=1S/C14H19N3O3/c1-8-9(12(16)18)4-3-5-10(8)17-13(19)14(2)7-20-6-11(14)15/h3-5,11H,6-7,15H2,1-2H3,(H2,16,18)(H,17,19). The largest absolute Gasteiger partial charge is 0.379 e. The van der Waals surface area contributed by atoms with Gasteiger partial charge in [-0.05, 0) is 31.5 Å². The van der Waals surface area contributed by atoms with Gasteiger partial charge < -0.3 is 21.5 Å². The zero-order valence-electron chi connectivity index (χ0n) is 11.6. The Morgan fingerprint density at radius 3 is 2.70 bits per heavy atom. The first kappa shape index (κ1) is 14.5. The minimum absolute atomic E-state index is 0.216. The summed E-state index contributed by atoms with van der Waals surface area (Å²) in [5.74, 6) is -0.738. The van der Waals surface area contributed by atoms with Gasteiger partial charge in [-0.25, -0.2) is 0 Å². The number of rotatable bonds is 3. The highest BCUT2D eigenvalue weighted by Gasteiger charge is 2.44. The summed E-state index contributed by atoms with van der Waals surface area (Å²) in [4.78, 5) is 23.7. The van der Waals surface area contributed by atoms with Crippen molar-refractivity contribution in [1.82, 2.24) is 0 Å². The van der Waals surface area contributed by atoms with Crippen LogP contribution in [0.3, 0.4) is 0 Å². The average molecular weight is 277 g/mol.